The largest absolute Gasteiger partial charge is 0.334 e. The zero-order valence-electron chi connectivity index (χ0n) is 8.98. The van der Waals surface area contributed by atoms with Crippen LogP contribution in [0, 0.1) is 0 Å². The number of thiophene rings is 2. The van der Waals surface area contributed by atoms with Crippen molar-refractivity contribution < 1.29 is 4.79 Å². The molecule has 5 heteroatoms. The highest BCUT2D eigenvalue weighted by Crippen LogP contribution is 2.31. The molecule has 1 aliphatic heterocycles. The molecule has 0 unspecified atom stereocenters. The molecule has 0 saturated heterocycles. The number of carbonyl (C=O) groups is 1. The third kappa shape index (κ3) is 2.12. The highest BCUT2D eigenvalue weighted by Gasteiger charge is 2.23. The van der Waals surface area contributed by atoms with Gasteiger partial charge in [0.25, 0.3) is 5.91 Å². The Kier molecular flexibility index (Phi) is 2.94. The van der Waals surface area contributed by atoms with E-state index in [1.807, 2.05) is 27.8 Å². The summed E-state index contributed by atoms with van der Waals surface area (Å²) in [5.74, 6) is 0.124. The van der Waals surface area contributed by atoms with E-state index >= 15 is 0 Å². The average Bonchev–Trinajstić information content (AvgIpc) is 2.94. The molecule has 0 fully saturated rings. The number of hydrogen-bond donors (Lipinski definition) is 0. The quantitative estimate of drug-likeness (QED) is 0.782. The maximum absolute atomic E-state index is 12.2. The zero-order chi connectivity index (χ0) is 11.8. The van der Waals surface area contributed by atoms with E-state index in [1.54, 1.807) is 22.7 Å². The molecular formula is C12H10ClNOS2. The molecule has 0 spiro atoms. The molecule has 3 heterocycles. The van der Waals surface area contributed by atoms with Crippen molar-refractivity contribution in [1.29, 1.82) is 0 Å². The van der Waals surface area contributed by atoms with Gasteiger partial charge in [0, 0.05) is 23.3 Å². The van der Waals surface area contributed by atoms with Crippen molar-refractivity contribution in [2.75, 3.05) is 6.54 Å². The molecule has 2 nitrogen and oxygen atoms in total. The van der Waals surface area contributed by atoms with E-state index in [1.165, 1.54) is 10.4 Å². The Hall–Kier alpha value is -0.840. The Balaban J connectivity index is 1.82. The third-order valence-corrected chi connectivity index (χ3v) is 4.94. The van der Waals surface area contributed by atoms with Crippen LogP contribution in [0.25, 0.3) is 0 Å². The van der Waals surface area contributed by atoms with Crippen molar-refractivity contribution in [3.05, 3.63) is 43.2 Å². The second-order valence-electron chi connectivity index (χ2n) is 3.99. The number of amides is 1. The summed E-state index contributed by atoms with van der Waals surface area (Å²) in [6.07, 6.45) is 0.919. The van der Waals surface area contributed by atoms with E-state index in [4.69, 9.17) is 11.6 Å². The molecule has 17 heavy (non-hydrogen) atoms. The van der Waals surface area contributed by atoms with Gasteiger partial charge in [0.1, 0.15) is 0 Å². The van der Waals surface area contributed by atoms with E-state index in [2.05, 4.69) is 0 Å². The lowest BCUT2D eigenvalue weighted by atomic mass is 10.1. The molecule has 0 aromatic carbocycles. The van der Waals surface area contributed by atoms with Gasteiger partial charge in [-0.05, 0) is 29.5 Å². The van der Waals surface area contributed by atoms with Crippen LogP contribution < -0.4 is 0 Å². The fourth-order valence-corrected chi connectivity index (χ4v) is 3.96. The summed E-state index contributed by atoms with van der Waals surface area (Å²) >= 11 is 9.18. The van der Waals surface area contributed by atoms with Crippen LogP contribution >= 0.6 is 34.3 Å². The van der Waals surface area contributed by atoms with Crippen molar-refractivity contribution in [1.82, 2.24) is 4.90 Å². The normalized spacial score (nSPS) is 14.8. The number of fused-ring (bicyclic) bond motifs is 1. The van der Waals surface area contributed by atoms with Crippen molar-refractivity contribution in [3.63, 3.8) is 0 Å². The van der Waals surface area contributed by atoms with E-state index in [0.29, 0.717) is 6.54 Å². The number of carbonyl (C=O) groups excluding carboxylic acids is 1. The van der Waals surface area contributed by atoms with Gasteiger partial charge in [-0.1, -0.05) is 11.6 Å². The van der Waals surface area contributed by atoms with Crippen LogP contribution in [0.3, 0.4) is 0 Å². The first-order chi connectivity index (χ1) is 8.24. The zero-order valence-corrected chi connectivity index (χ0v) is 11.4. The molecule has 0 N–H and O–H groups in total. The topological polar surface area (TPSA) is 20.3 Å². The summed E-state index contributed by atoms with van der Waals surface area (Å²) in [5.41, 5.74) is 2.00. The molecule has 0 bridgehead atoms. The van der Waals surface area contributed by atoms with Gasteiger partial charge < -0.3 is 4.90 Å². The molecule has 3 rings (SSSR count). The van der Waals surface area contributed by atoms with Gasteiger partial charge in [-0.15, -0.1) is 11.3 Å². The summed E-state index contributed by atoms with van der Waals surface area (Å²) in [4.78, 5) is 15.4. The lowest BCUT2D eigenvalue weighted by molar-refractivity contribution is 0.0736. The Labute approximate surface area is 112 Å². The summed E-state index contributed by atoms with van der Waals surface area (Å²) < 4.78 is 0.819. The molecule has 0 radical (unpaired) electrons. The van der Waals surface area contributed by atoms with Crippen LogP contribution in [-0.2, 0) is 13.0 Å². The predicted octanol–water partition coefficient (Wildman–Crippen LogP) is 3.66. The molecule has 0 atom stereocenters. The Morgan fingerprint density at radius 2 is 2.35 bits per heavy atom. The van der Waals surface area contributed by atoms with Crippen molar-refractivity contribution in [2.24, 2.45) is 0 Å². The van der Waals surface area contributed by atoms with Gasteiger partial charge in [-0.25, -0.2) is 0 Å². The Bertz CT molecular complexity index is 547. The van der Waals surface area contributed by atoms with Gasteiger partial charge in [-0.2, -0.15) is 11.3 Å². The Morgan fingerprint density at radius 3 is 3.12 bits per heavy atom. The van der Waals surface area contributed by atoms with Gasteiger partial charge in [0.15, 0.2) is 0 Å². The fourth-order valence-electron chi connectivity index (χ4n) is 2.04. The molecule has 0 aliphatic carbocycles. The van der Waals surface area contributed by atoms with Gasteiger partial charge in [-0.3, -0.25) is 4.79 Å². The SMILES string of the molecule is O=C(c1ccsc1)N1CCc2sc(Cl)cc2C1. The van der Waals surface area contributed by atoms with Crippen LogP contribution in [0.5, 0.6) is 0 Å². The average molecular weight is 284 g/mol. The summed E-state index contributed by atoms with van der Waals surface area (Å²) in [7, 11) is 0. The van der Waals surface area contributed by atoms with Crippen molar-refractivity contribution in [2.45, 2.75) is 13.0 Å². The maximum Gasteiger partial charge on any atom is 0.255 e. The van der Waals surface area contributed by atoms with Gasteiger partial charge in [0.05, 0.1) is 9.90 Å². The first-order valence-corrected chi connectivity index (χ1v) is 7.46. The molecule has 88 valence electrons. The van der Waals surface area contributed by atoms with Crippen LogP contribution in [0.15, 0.2) is 22.9 Å². The van der Waals surface area contributed by atoms with Crippen LogP contribution in [0.2, 0.25) is 4.34 Å². The monoisotopic (exact) mass is 283 g/mol. The highest BCUT2D eigenvalue weighted by molar-refractivity contribution is 7.16. The van der Waals surface area contributed by atoms with E-state index < -0.39 is 0 Å². The molecule has 1 amide bonds. The minimum atomic E-state index is 0.124. The second kappa shape index (κ2) is 4.44. The predicted molar refractivity (Wildman–Crippen MR) is 72.1 cm³/mol. The minimum Gasteiger partial charge on any atom is -0.334 e. The first kappa shape index (κ1) is 11.3. The molecule has 2 aromatic heterocycles. The summed E-state index contributed by atoms with van der Waals surface area (Å²) in [6.45, 7) is 1.48. The number of hydrogen-bond acceptors (Lipinski definition) is 3. The smallest absolute Gasteiger partial charge is 0.255 e. The maximum atomic E-state index is 12.2. The lowest BCUT2D eigenvalue weighted by Crippen LogP contribution is -2.35. The van der Waals surface area contributed by atoms with Gasteiger partial charge in [0.2, 0.25) is 0 Å². The number of halogens is 1. The van der Waals surface area contributed by atoms with Crippen LogP contribution in [-0.4, -0.2) is 17.4 Å². The molecule has 1 aliphatic rings. The van der Waals surface area contributed by atoms with Crippen LogP contribution in [0.1, 0.15) is 20.8 Å². The van der Waals surface area contributed by atoms with E-state index in [9.17, 15) is 4.79 Å². The summed E-state index contributed by atoms with van der Waals surface area (Å²) in [6, 6.07) is 3.86. The van der Waals surface area contributed by atoms with Crippen molar-refractivity contribution >= 4 is 40.2 Å². The Morgan fingerprint density at radius 1 is 1.47 bits per heavy atom. The fraction of sp³-hybridized carbons (Fsp3) is 0.250. The highest BCUT2D eigenvalue weighted by atomic mass is 35.5. The lowest BCUT2D eigenvalue weighted by Gasteiger charge is -2.26. The van der Waals surface area contributed by atoms with E-state index in [0.717, 1.165) is 22.9 Å². The van der Waals surface area contributed by atoms with Crippen molar-refractivity contribution in [3.8, 4) is 0 Å². The molecular weight excluding hydrogens is 274 g/mol. The van der Waals surface area contributed by atoms with Gasteiger partial charge >= 0.3 is 0 Å². The standard InChI is InChI=1S/C12H10ClNOS2/c13-11-5-9-6-14(3-1-10(9)17-11)12(15)8-2-4-16-7-8/h2,4-5,7H,1,3,6H2. The minimum absolute atomic E-state index is 0.124. The third-order valence-electron chi connectivity index (χ3n) is 2.89. The number of rotatable bonds is 1. The molecule has 0 saturated carbocycles. The molecule has 2 aromatic rings. The number of nitrogens with zero attached hydrogens (tertiary/aromatic N) is 1. The van der Waals surface area contributed by atoms with E-state index in [-0.39, 0.29) is 5.91 Å². The van der Waals surface area contributed by atoms with Crippen LogP contribution in [0.4, 0.5) is 0 Å². The summed E-state index contributed by atoms with van der Waals surface area (Å²) in [5, 5.41) is 3.84. The second-order valence-corrected chi connectivity index (χ2v) is 6.54. The first-order valence-electron chi connectivity index (χ1n) is 5.32.